The molecule has 8 nitrogen and oxygen atoms in total. The zero-order valence-electron chi connectivity index (χ0n) is 13.7. The van der Waals surface area contributed by atoms with E-state index in [2.05, 4.69) is 15.0 Å². The Morgan fingerprint density at radius 3 is 2.84 bits per heavy atom. The van der Waals surface area contributed by atoms with E-state index in [4.69, 9.17) is 10.8 Å². The number of aliphatic hydroxyl groups is 1. The average molecular weight is 341 g/mol. The van der Waals surface area contributed by atoms with Crippen LogP contribution in [0.5, 0.6) is 0 Å². The van der Waals surface area contributed by atoms with Crippen molar-refractivity contribution in [2.75, 3.05) is 5.73 Å². The highest BCUT2D eigenvalue weighted by molar-refractivity contribution is 5.87. The van der Waals surface area contributed by atoms with E-state index in [1.807, 2.05) is 6.07 Å². The number of aliphatic hydroxyl groups excluding tert-OH is 1. The van der Waals surface area contributed by atoms with Gasteiger partial charge in [-0.3, -0.25) is 0 Å². The molecule has 130 valence electrons. The minimum Gasteiger partial charge on any atom is -0.478 e. The summed E-state index contributed by atoms with van der Waals surface area (Å²) >= 11 is 0. The number of aromatic carboxylic acids is 1. The molecule has 0 amide bonds. The topological polar surface area (TPSA) is 127 Å². The number of nitrogens with zero attached hydrogens (tertiary/aromatic N) is 4. The third kappa shape index (κ3) is 3.43. The standard InChI is InChI=1S/C17H19N5O3/c1-10(23)13(6-5-11-3-2-4-12(7-11)17(24)25)22-9-21-14-15(18)19-8-20-16(14)22/h2-4,7-10,13,23H,5-6H2,1H3,(H,24,25)(H2,18,19,20)/t10-,13+/m0/s1. The lowest BCUT2D eigenvalue weighted by Crippen LogP contribution is -2.22. The van der Waals surface area contributed by atoms with Crippen LogP contribution in [0.15, 0.2) is 36.9 Å². The maximum atomic E-state index is 11.1. The van der Waals surface area contributed by atoms with E-state index in [1.165, 1.54) is 6.33 Å². The van der Waals surface area contributed by atoms with Crippen LogP contribution in [-0.2, 0) is 6.42 Å². The van der Waals surface area contributed by atoms with Crippen LogP contribution >= 0.6 is 0 Å². The molecular formula is C17H19N5O3. The van der Waals surface area contributed by atoms with Gasteiger partial charge in [-0.2, -0.15) is 0 Å². The maximum absolute atomic E-state index is 11.1. The van der Waals surface area contributed by atoms with Crippen LogP contribution in [0.2, 0.25) is 0 Å². The Labute approximate surface area is 144 Å². The normalized spacial score (nSPS) is 13.7. The van der Waals surface area contributed by atoms with Crippen LogP contribution in [0, 0.1) is 0 Å². The van der Waals surface area contributed by atoms with Gasteiger partial charge < -0.3 is 20.5 Å². The predicted molar refractivity (Wildman–Crippen MR) is 92.2 cm³/mol. The first-order valence-corrected chi connectivity index (χ1v) is 7.90. The van der Waals surface area contributed by atoms with Gasteiger partial charge in [0.1, 0.15) is 11.8 Å². The fourth-order valence-electron chi connectivity index (χ4n) is 2.90. The molecule has 4 N–H and O–H groups in total. The first-order chi connectivity index (χ1) is 12.0. The number of anilines is 1. The molecule has 3 rings (SSSR count). The van der Waals surface area contributed by atoms with Gasteiger partial charge in [-0.05, 0) is 37.5 Å². The van der Waals surface area contributed by atoms with Crippen LogP contribution in [-0.4, -0.2) is 41.8 Å². The second-order valence-electron chi connectivity index (χ2n) is 5.94. The largest absolute Gasteiger partial charge is 0.478 e. The van der Waals surface area contributed by atoms with Crippen LogP contribution in [0.4, 0.5) is 5.82 Å². The highest BCUT2D eigenvalue weighted by atomic mass is 16.4. The third-order valence-corrected chi connectivity index (χ3v) is 4.20. The third-order valence-electron chi connectivity index (χ3n) is 4.20. The van der Waals surface area contributed by atoms with Crippen LogP contribution in [0.1, 0.15) is 35.3 Å². The molecule has 0 saturated heterocycles. The van der Waals surface area contributed by atoms with Crippen LogP contribution in [0.25, 0.3) is 11.2 Å². The number of hydrogen-bond acceptors (Lipinski definition) is 6. The van der Waals surface area contributed by atoms with Crippen molar-refractivity contribution in [2.24, 2.45) is 0 Å². The lowest BCUT2D eigenvalue weighted by molar-refractivity contribution is 0.0696. The summed E-state index contributed by atoms with van der Waals surface area (Å²) < 4.78 is 1.79. The summed E-state index contributed by atoms with van der Waals surface area (Å²) in [5.74, 6) is -0.663. The van der Waals surface area contributed by atoms with E-state index in [1.54, 1.807) is 36.0 Å². The predicted octanol–water partition coefficient (Wildman–Crippen LogP) is 1.66. The Kier molecular flexibility index (Phi) is 4.62. The molecule has 0 saturated carbocycles. The minimum absolute atomic E-state index is 0.250. The monoisotopic (exact) mass is 341 g/mol. The average Bonchev–Trinajstić information content (AvgIpc) is 3.00. The summed E-state index contributed by atoms with van der Waals surface area (Å²) in [6.07, 6.45) is 3.52. The summed E-state index contributed by atoms with van der Waals surface area (Å²) in [5, 5.41) is 19.3. The lowest BCUT2D eigenvalue weighted by atomic mass is 10.0. The fourth-order valence-corrected chi connectivity index (χ4v) is 2.90. The number of rotatable bonds is 6. The van der Waals surface area contributed by atoms with Gasteiger partial charge in [0.15, 0.2) is 11.5 Å². The summed E-state index contributed by atoms with van der Waals surface area (Å²) in [6, 6.07) is 6.52. The Balaban J connectivity index is 1.86. The maximum Gasteiger partial charge on any atom is 0.335 e. The Bertz CT molecular complexity index is 906. The molecule has 0 spiro atoms. The number of carbonyl (C=O) groups is 1. The molecule has 0 aliphatic rings. The van der Waals surface area contributed by atoms with E-state index in [0.717, 1.165) is 5.56 Å². The molecule has 8 heteroatoms. The van der Waals surface area contributed by atoms with Crippen molar-refractivity contribution in [3.05, 3.63) is 48.0 Å². The van der Waals surface area contributed by atoms with Crippen molar-refractivity contribution in [2.45, 2.75) is 31.9 Å². The number of aryl methyl sites for hydroxylation is 1. The summed E-state index contributed by atoms with van der Waals surface area (Å²) in [6.45, 7) is 1.70. The first-order valence-electron chi connectivity index (χ1n) is 7.90. The molecule has 0 aliphatic carbocycles. The molecule has 0 aliphatic heterocycles. The molecule has 2 atom stereocenters. The number of nitrogen functional groups attached to an aromatic ring is 1. The van der Waals surface area contributed by atoms with Gasteiger partial charge in [0, 0.05) is 0 Å². The number of benzene rings is 1. The fraction of sp³-hybridized carbons (Fsp3) is 0.294. The number of fused-ring (bicyclic) bond motifs is 1. The van der Waals surface area contributed by atoms with Crippen molar-refractivity contribution in [3.63, 3.8) is 0 Å². The summed E-state index contributed by atoms with van der Waals surface area (Å²) in [5.41, 5.74) is 8.02. The van der Waals surface area contributed by atoms with Crippen molar-refractivity contribution in [3.8, 4) is 0 Å². The molecule has 2 heterocycles. The second-order valence-corrected chi connectivity index (χ2v) is 5.94. The van der Waals surface area contributed by atoms with Gasteiger partial charge in [-0.1, -0.05) is 12.1 Å². The van der Waals surface area contributed by atoms with E-state index in [-0.39, 0.29) is 11.6 Å². The van der Waals surface area contributed by atoms with Gasteiger partial charge in [0.2, 0.25) is 0 Å². The van der Waals surface area contributed by atoms with Gasteiger partial charge in [0.25, 0.3) is 0 Å². The van der Waals surface area contributed by atoms with E-state index < -0.39 is 12.1 Å². The van der Waals surface area contributed by atoms with E-state index in [9.17, 15) is 9.90 Å². The number of nitrogens with two attached hydrogens (primary N) is 1. The number of hydrogen-bond donors (Lipinski definition) is 3. The van der Waals surface area contributed by atoms with E-state index >= 15 is 0 Å². The zero-order valence-corrected chi connectivity index (χ0v) is 13.7. The van der Waals surface area contributed by atoms with Crippen LogP contribution in [0.3, 0.4) is 0 Å². The Morgan fingerprint density at radius 2 is 2.12 bits per heavy atom. The molecule has 0 bridgehead atoms. The minimum atomic E-state index is -0.957. The smallest absolute Gasteiger partial charge is 0.335 e. The van der Waals surface area contributed by atoms with Crippen molar-refractivity contribution in [1.29, 1.82) is 0 Å². The van der Waals surface area contributed by atoms with Crippen molar-refractivity contribution < 1.29 is 15.0 Å². The van der Waals surface area contributed by atoms with Gasteiger partial charge in [-0.15, -0.1) is 0 Å². The first kappa shape index (κ1) is 16.8. The van der Waals surface area contributed by atoms with Crippen molar-refractivity contribution in [1.82, 2.24) is 19.5 Å². The van der Waals surface area contributed by atoms with Crippen molar-refractivity contribution >= 4 is 23.0 Å². The number of imidazole rings is 1. The molecule has 0 radical (unpaired) electrons. The second kappa shape index (κ2) is 6.86. The zero-order chi connectivity index (χ0) is 18.0. The van der Waals surface area contributed by atoms with Gasteiger partial charge >= 0.3 is 5.97 Å². The molecule has 3 aromatic rings. The number of carboxylic acid groups (broad SMARTS) is 1. The summed E-state index contributed by atoms with van der Waals surface area (Å²) in [4.78, 5) is 23.5. The van der Waals surface area contributed by atoms with Gasteiger partial charge in [0.05, 0.1) is 24.0 Å². The summed E-state index contributed by atoms with van der Waals surface area (Å²) in [7, 11) is 0. The quantitative estimate of drug-likeness (QED) is 0.622. The lowest BCUT2D eigenvalue weighted by Gasteiger charge is -2.22. The van der Waals surface area contributed by atoms with Gasteiger partial charge in [-0.25, -0.2) is 19.7 Å². The molecule has 0 unspecified atom stereocenters. The molecular weight excluding hydrogens is 322 g/mol. The SMILES string of the molecule is C[C@H](O)[C@@H](CCc1cccc(C(=O)O)c1)n1cnc2c(N)ncnc21. The highest BCUT2D eigenvalue weighted by Crippen LogP contribution is 2.25. The molecule has 0 fully saturated rings. The van der Waals surface area contributed by atoms with E-state index in [0.29, 0.717) is 29.8 Å². The number of carboxylic acids is 1. The Hall–Kier alpha value is -3.00. The number of aromatic nitrogens is 4. The highest BCUT2D eigenvalue weighted by Gasteiger charge is 2.21. The van der Waals surface area contributed by atoms with Crippen LogP contribution < -0.4 is 5.73 Å². The Morgan fingerprint density at radius 1 is 1.32 bits per heavy atom. The molecule has 1 aromatic carbocycles. The molecule has 2 aromatic heterocycles. The molecule has 25 heavy (non-hydrogen) atoms.